The van der Waals surface area contributed by atoms with Crippen molar-refractivity contribution in [2.75, 3.05) is 16.3 Å². The van der Waals surface area contributed by atoms with E-state index in [-0.39, 0.29) is 0 Å². The topological polar surface area (TPSA) is 86.9 Å². The fourth-order valence-electron chi connectivity index (χ4n) is 1.67. The summed E-state index contributed by atoms with van der Waals surface area (Å²) in [5, 5.41) is 3.51. The van der Waals surface area contributed by atoms with Gasteiger partial charge in [0.1, 0.15) is 5.82 Å². The average Bonchev–Trinajstić information content (AvgIpc) is 2.74. The van der Waals surface area contributed by atoms with Crippen LogP contribution in [0.2, 0.25) is 5.02 Å². The first-order valence-electron chi connectivity index (χ1n) is 5.85. The number of hydrogen-bond acceptors (Lipinski definition) is 4. The maximum atomic E-state index is 11.2. The summed E-state index contributed by atoms with van der Waals surface area (Å²) in [5.41, 5.74) is 2.11. The number of imidazole rings is 1. The van der Waals surface area contributed by atoms with Crippen LogP contribution in [0.5, 0.6) is 0 Å². The highest BCUT2D eigenvalue weighted by molar-refractivity contribution is 7.92. The van der Waals surface area contributed by atoms with Crippen molar-refractivity contribution >= 4 is 33.0 Å². The lowest BCUT2D eigenvalue weighted by molar-refractivity contribution is 0.607. The molecule has 0 amide bonds. The number of rotatable bonds is 5. The number of benzene rings is 1. The van der Waals surface area contributed by atoms with E-state index in [4.69, 9.17) is 11.6 Å². The predicted molar refractivity (Wildman–Crippen MR) is 80.6 cm³/mol. The van der Waals surface area contributed by atoms with Crippen molar-refractivity contribution in [2.24, 2.45) is 0 Å². The van der Waals surface area contributed by atoms with E-state index in [1.165, 1.54) is 0 Å². The van der Waals surface area contributed by atoms with E-state index in [9.17, 15) is 8.42 Å². The summed E-state index contributed by atoms with van der Waals surface area (Å²) in [6, 6.07) is 5.03. The number of anilines is 2. The standard InChI is InChI=1S/C12H15ClN4O2S/c1-8-14-6-10(16-8)7-15-9-3-4-12(11(13)5-9)17-20(2,18)19/h3-6,15,17H,7H2,1-2H3,(H,14,16). The van der Waals surface area contributed by atoms with Gasteiger partial charge in [0.15, 0.2) is 0 Å². The Morgan fingerprint density at radius 2 is 2.15 bits per heavy atom. The number of nitrogens with zero attached hydrogens (tertiary/aromatic N) is 1. The van der Waals surface area contributed by atoms with E-state index >= 15 is 0 Å². The van der Waals surface area contributed by atoms with Gasteiger partial charge in [-0.15, -0.1) is 0 Å². The molecular weight excluding hydrogens is 300 g/mol. The van der Waals surface area contributed by atoms with Gasteiger partial charge in [0.25, 0.3) is 0 Å². The van der Waals surface area contributed by atoms with Gasteiger partial charge in [0.05, 0.1) is 35.4 Å². The second kappa shape index (κ2) is 5.72. The summed E-state index contributed by atoms with van der Waals surface area (Å²) in [7, 11) is -3.33. The minimum absolute atomic E-state index is 0.334. The molecule has 2 aromatic rings. The highest BCUT2D eigenvalue weighted by Gasteiger charge is 2.07. The molecule has 0 unspecified atom stereocenters. The SMILES string of the molecule is Cc1ncc(CNc2ccc(NS(C)(=O)=O)c(Cl)c2)[nH]1. The van der Waals surface area contributed by atoms with E-state index in [1.54, 1.807) is 24.4 Å². The Hall–Kier alpha value is -1.73. The molecule has 0 atom stereocenters. The van der Waals surface area contributed by atoms with Crippen LogP contribution in [0.3, 0.4) is 0 Å². The molecule has 1 aromatic carbocycles. The van der Waals surface area contributed by atoms with Crippen molar-refractivity contribution in [1.29, 1.82) is 0 Å². The molecule has 1 heterocycles. The summed E-state index contributed by atoms with van der Waals surface area (Å²) < 4.78 is 24.7. The van der Waals surface area contributed by atoms with Gasteiger partial charge in [-0.1, -0.05) is 11.6 Å². The molecule has 2 rings (SSSR count). The number of nitrogens with one attached hydrogen (secondary N) is 3. The van der Waals surface area contributed by atoms with Crippen molar-refractivity contribution in [3.8, 4) is 0 Å². The van der Waals surface area contributed by atoms with Gasteiger partial charge in [-0.2, -0.15) is 0 Å². The number of sulfonamides is 1. The first-order chi connectivity index (χ1) is 9.33. The van der Waals surface area contributed by atoms with Gasteiger partial charge in [-0.25, -0.2) is 13.4 Å². The predicted octanol–water partition coefficient (Wildman–Crippen LogP) is 2.36. The molecule has 8 heteroatoms. The lowest BCUT2D eigenvalue weighted by Crippen LogP contribution is -2.10. The molecule has 108 valence electrons. The molecule has 0 saturated heterocycles. The Morgan fingerprint density at radius 1 is 1.40 bits per heavy atom. The molecule has 20 heavy (non-hydrogen) atoms. The molecule has 0 saturated carbocycles. The van der Waals surface area contributed by atoms with E-state index in [0.29, 0.717) is 17.3 Å². The van der Waals surface area contributed by atoms with Crippen molar-refractivity contribution in [1.82, 2.24) is 9.97 Å². The first-order valence-corrected chi connectivity index (χ1v) is 8.12. The Kier molecular flexibility index (Phi) is 4.20. The van der Waals surface area contributed by atoms with Crippen LogP contribution in [0.1, 0.15) is 11.5 Å². The fourth-order valence-corrected chi connectivity index (χ4v) is 2.53. The highest BCUT2D eigenvalue weighted by atomic mass is 35.5. The molecular formula is C12H15ClN4O2S. The Labute approximate surface area is 122 Å². The minimum Gasteiger partial charge on any atom is -0.379 e. The lowest BCUT2D eigenvalue weighted by Gasteiger charge is -2.09. The van der Waals surface area contributed by atoms with Crippen LogP contribution in [-0.2, 0) is 16.6 Å². The Morgan fingerprint density at radius 3 is 2.70 bits per heavy atom. The van der Waals surface area contributed by atoms with Gasteiger partial charge in [-0.3, -0.25) is 4.72 Å². The average molecular weight is 315 g/mol. The molecule has 0 aliphatic heterocycles. The summed E-state index contributed by atoms with van der Waals surface area (Å²) in [6.07, 6.45) is 2.83. The van der Waals surface area contributed by atoms with Gasteiger partial charge in [0.2, 0.25) is 10.0 Å². The third-order valence-electron chi connectivity index (χ3n) is 2.50. The molecule has 0 radical (unpaired) electrons. The number of halogens is 1. The van der Waals surface area contributed by atoms with Gasteiger partial charge in [-0.05, 0) is 25.1 Å². The van der Waals surface area contributed by atoms with Gasteiger partial charge >= 0.3 is 0 Å². The Balaban J connectivity index is 2.05. The summed E-state index contributed by atoms with van der Waals surface area (Å²) in [6.45, 7) is 2.46. The second-order valence-electron chi connectivity index (χ2n) is 4.42. The van der Waals surface area contributed by atoms with Crippen molar-refractivity contribution in [3.63, 3.8) is 0 Å². The molecule has 3 N–H and O–H groups in total. The quantitative estimate of drug-likeness (QED) is 0.790. The molecule has 1 aromatic heterocycles. The fraction of sp³-hybridized carbons (Fsp3) is 0.250. The first kappa shape index (κ1) is 14.7. The van der Waals surface area contributed by atoms with Crippen LogP contribution >= 0.6 is 11.6 Å². The van der Waals surface area contributed by atoms with E-state index in [1.807, 2.05) is 6.92 Å². The summed E-state index contributed by atoms with van der Waals surface area (Å²) in [5.74, 6) is 0.854. The zero-order chi connectivity index (χ0) is 14.8. The molecule has 0 aliphatic rings. The van der Waals surface area contributed by atoms with E-state index < -0.39 is 10.0 Å². The minimum atomic E-state index is -3.33. The summed E-state index contributed by atoms with van der Waals surface area (Å²) >= 11 is 6.03. The molecule has 0 aliphatic carbocycles. The van der Waals surface area contributed by atoms with Crippen LogP contribution < -0.4 is 10.0 Å². The van der Waals surface area contributed by atoms with Gasteiger partial charge < -0.3 is 10.3 Å². The molecule has 6 nitrogen and oxygen atoms in total. The molecule has 0 bridgehead atoms. The smallest absolute Gasteiger partial charge is 0.229 e. The second-order valence-corrected chi connectivity index (χ2v) is 6.57. The van der Waals surface area contributed by atoms with Crippen molar-refractivity contribution in [3.05, 3.63) is 40.9 Å². The highest BCUT2D eigenvalue weighted by Crippen LogP contribution is 2.26. The molecule has 0 spiro atoms. The third kappa shape index (κ3) is 4.14. The number of aryl methyl sites for hydroxylation is 1. The van der Waals surface area contributed by atoms with Crippen LogP contribution in [0.15, 0.2) is 24.4 Å². The van der Waals surface area contributed by atoms with Crippen LogP contribution in [0.25, 0.3) is 0 Å². The number of aromatic amines is 1. The monoisotopic (exact) mass is 314 g/mol. The molecule has 0 fully saturated rings. The Bertz CT molecular complexity index is 712. The maximum absolute atomic E-state index is 11.2. The number of H-pyrrole nitrogens is 1. The van der Waals surface area contributed by atoms with Crippen LogP contribution in [-0.4, -0.2) is 24.6 Å². The van der Waals surface area contributed by atoms with Crippen LogP contribution in [0, 0.1) is 6.92 Å². The third-order valence-corrected chi connectivity index (χ3v) is 3.41. The lowest BCUT2D eigenvalue weighted by atomic mass is 10.3. The number of hydrogen-bond donors (Lipinski definition) is 3. The van der Waals surface area contributed by atoms with Crippen molar-refractivity contribution < 1.29 is 8.42 Å². The maximum Gasteiger partial charge on any atom is 0.229 e. The van der Waals surface area contributed by atoms with Crippen molar-refractivity contribution in [2.45, 2.75) is 13.5 Å². The normalized spacial score (nSPS) is 11.3. The zero-order valence-electron chi connectivity index (χ0n) is 11.1. The summed E-state index contributed by atoms with van der Waals surface area (Å²) in [4.78, 5) is 7.21. The van der Waals surface area contributed by atoms with Gasteiger partial charge in [0, 0.05) is 5.69 Å². The van der Waals surface area contributed by atoms with E-state index in [2.05, 4.69) is 20.0 Å². The van der Waals surface area contributed by atoms with E-state index in [0.717, 1.165) is 23.5 Å². The largest absolute Gasteiger partial charge is 0.379 e. The zero-order valence-corrected chi connectivity index (χ0v) is 12.6. The van der Waals surface area contributed by atoms with Crippen LogP contribution in [0.4, 0.5) is 11.4 Å². The number of aromatic nitrogens is 2.